The molecular formula is C24H26F3N5O3. The van der Waals surface area contributed by atoms with E-state index in [2.05, 4.69) is 58.3 Å². The van der Waals surface area contributed by atoms with Crippen molar-refractivity contribution in [3.63, 3.8) is 0 Å². The number of fused-ring (bicyclic) bond motifs is 2. The number of amides is 1. The number of carbonyl (C=O) groups is 2. The van der Waals surface area contributed by atoms with Crippen molar-refractivity contribution in [3.05, 3.63) is 47.4 Å². The van der Waals surface area contributed by atoms with E-state index >= 15 is 0 Å². The van der Waals surface area contributed by atoms with Gasteiger partial charge in [0.25, 0.3) is 0 Å². The summed E-state index contributed by atoms with van der Waals surface area (Å²) in [5.74, 6) is -0.160. The lowest BCUT2D eigenvalue weighted by Gasteiger charge is -2.22. The number of carboxylic acids is 1. The molecule has 0 radical (unpaired) electrons. The molecule has 0 aliphatic carbocycles. The van der Waals surface area contributed by atoms with Gasteiger partial charge in [-0.05, 0) is 55.6 Å². The quantitative estimate of drug-likeness (QED) is 0.510. The zero-order valence-corrected chi connectivity index (χ0v) is 19.3. The highest BCUT2D eigenvalue weighted by Gasteiger charge is 2.38. The number of hydrogen-bond donors (Lipinski definition) is 3. The van der Waals surface area contributed by atoms with Crippen LogP contribution in [0.25, 0.3) is 16.7 Å². The molecule has 2 aliphatic heterocycles. The van der Waals surface area contributed by atoms with Gasteiger partial charge in [0, 0.05) is 11.5 Å². The van der Waals surface area contributed by atoms with Crippen molar-refractivity contribution < 1.29 is 27.9 Å². The lowest BCUT2D eigenvalue weighted by molar-refractivity contribution is -0.192. The van der Waals surface area contributed by atoms with Crippen molar-refractivity contribution in [2.45, 2.75) is 51.1 Å². The topological polar surface area (TPSA) is 109 Å². The van der Waals surface area contributed by atoms with Crippen molar-refractivity contribution in [2.75, 3.05) is 18.4 Å². The zero-order valence-electron chi connectivity index (χ0n) is 19.3. The summed E-state index contributed by atoms with van der Waals surface area (Å²) < 4.78 is 33.9. The van der Waals surface area contributed by atoms with Crippen LogP contribution in [-0.4, -0.2) is 50.8 Å². The average Bonchev–Trinajstić information content (AvgIpc) is 3.38. The number of aliphatic carboxylic acids is 1. The predicted octanol–water partition coefficient (Wildman–Crippen LogP) is 4.14. The number of halogens is 3. The number of nitrogens with one attached hydrogen (secondary N) is 2. The first-order valence-corrected chi connectivity index (χ1v) is 11.4. The number of aromatic nitrogens is 3. The molecule has 1 fully saturated rings. The summed E-state index contributed by atoms with van der Waals surface area (Å²) in [5.41, 5.74) is 5.44. The maximum absolute atomic E-state index is 11.7. The molecule has 35 heavy (non-hydrogen) atoms. The second-order valence-electron chi connectivity index (χ2n) is 8.96. The van der Waals surface area contributed by atoms with Gasteiger partial charge >= 0.3 is 12.1 Å². The normalized spacial score (nSPS) is 16.1. The third-order valence-corrected chi connectivity index (χ3v) is 6.09. The molecule has 0 bridgehead atoms. The Labute approximate surface area is 199 Å². The molecule has 1 amide bonds. The first-order valence-electron chi connectivity index (χ1n) is 11.4. The summed E-state index contributed by atoms with van der Waals surface area (Å²) in [7, 11) is 0. The Hall–Kier alpha value is -3.47. The Balaban J connectivity index is 0.000000364. The van der Waals surface area contributed by atoms with Gasteiger partial charge in [-0.3, -0.25) is 9.36 Å². The first kappa shape index (κ1) is 24.6. The largest absolute Gasteiger partial charge is 0.490 e. The minimum Gasteiger partial charge on any atom is -0.475 e. The van der Waals surface area contributed by atoms with E-state index in [1.807, 2.05) is 6.20 Å². The predicted molar refractivity (Wildman–Crippen MR) is 124 cm³/mol. The number of nitrogens with zero attached hydrogens (tertiary/aromatic N) is 3. The summed E-state index contributed by atoms with van der Waals surface area (Å²) in [6.07, 6.45) is -0.504. The standard InChI is InChI=1S/C22H25N5O.C2HF3O2/c1-13(2)22-25-18-10-15(14-5-7-23-8-6-14)3-4-19(18)27(22)17-9-16-11-20(28)26-21(16)24-12-17;3-2(4,5)1(6)7/h3-4,9-10,12-14,23H,5-8,11H2,1-2H3,(H,24,26,28);(H,6,7). The Bertz CT molecular complexity index is 1260. The van der Waals surface area contributed by atoms with E-state index < -0.39 is 12.1 Å². The van der Waals surface area contributed by atoms with Crippen LogP contribution in [0.3, 0.4) is 0 Å². The molecule has 0 unspecified atom stereocenters. The van der Waals surface area contributed by atoms with E-state index in [1.165, 1.54) is 18.4 Å². The van der Waals surface area contributed by atoms with Gasteiger partial charge in [-0.15, -0.1) is 0 Å². The summed E-state index contributed by atoms with van der Waals surface area (Å²) in [6.45, 7) is 6.50. The Morgan fingerprint density at radius 1 is 1.20 bits per heavy atom. The van der Waals surface area contributed by atoms with Gasteiger partial charge in [0.05, 0.1) is 29.3 Å². The van der Waals surface area contributed by atoms with Crippen LogP contribution in [0.2, 0.25) is 0 Å². The Kier molecular flexibility index (Phi) is 6.79. The van der Waals surface area contributed by atoms with Gasteiger partial charge in [0.15, 0.2) is 0 Å². The average molecular weight is 489 g/mol. The highest BCUT2D eigenvalue weighted by Crippen LogP contribution is 2.32. The van der Waals surface area contributed by atoms with Gasteiger partial charge < -0.3 is 15.7 Å². The molecule has 0 atom stereocenters. The molecule has 5 rings (SSSR count). The summed E-state index contributed by atoms with van der Waals surface area (Å²) in [6, 6.07) is 8.78. The van der Waals surface area contributed by atoms with Crippen molar-refractivity contribution in [2.24, 2.45) is 0 Å². The smallest absolute Gasteiger partial charge is 0.475 e. The number of rotatable bonds is 3. The van der Waals surface area contributed by atoms with Crippen LogP contribution in [0.4, 0.5) is 19.0 Å². The summed E-state index contributed by atoms with van der Waals surface area (Å²) >= 11 is 0. The van der Waals surface area contributed by atoms with Crippen LogP contribution in [0.1, 0.15) is 55.5 Å². The van der Waals surface area contributed by atoms with Gasteiger partial charge in [-0.25, -0.2) is 14.8 Å². The summed E-state index contributed by atoms with van der Waals surface area (Å²) in [4.78, 5) is 30.1. The fourth-order valence-corrected chi connectivity index (χ4v) is 4.40. The van der Waals surface area contributed by atoms with Crippen molar-refractivity contribution >= 4 is 28.7 Å². The lowest BCUT2D eigenvalue weighted by atomic mass is 9.90. The highest BCUT2D eigenvalue weighted by atomic mass is 19.4. The number of carbonyl (C=O) groups excluding carboxylic acids is 1. The number of pyridine rings is 1. The second-order valence-corrected chi connectivity index (χ2v) is 8.96. The number of carboxylic acid groups (broad SMARTS) is 1. The molecular weight excluding hydrogens is 463 g/mol. The lowest BCUT2D eigenvalue weighted by Crippen LogP contribution is -2.26. The molecule has 3 aromatic rings. The molecule has 1 aromatic carbocycles. The molecule has 2 aliphatic rings. The monoisotopic (exact) mass is 489 g/mol. The third kappa shape index (κ3) is 5.29. The first-order chi connectivity index (χ1) is 16.5. The van der Waals surface area contributed by atoms with E-state index in [0.717, 1.165) is 41.2 Å². The maximum Gasteiger partial charge on any atom is 0.490 e. The molecule has 0 saturated carbocycles. The third-order valence-electron chi connectivity index (χ3n) is 6.09. The van der Waals surface area contributed by atoms with E-state index in [-0.39, 0.29) is 11.8 Å². The Morgan fingerprint density at radius 2 is 1.89 bits per heavy atom. The van der Waals surface area contributed by atoms with Crippen molar-refractivity contribution in [3.8, 4) is 5.69 Å². The van der Waals surface area contributed by atoms with Gasteiger partial charge in [-0.2, -0.15) is 13.2 Å². The minimum atomic E-state index is -5.08. The van der Waals surface area contributed by atoms with Crippen molar-refractivity contribution in [1.82, 2.24) is 19.9 Å². The van der Waals surface area contributed by atoms with Crippen LogP contribution in [-0.2, 0) is 16.0 Å². The molecule has 11 heteroatoms. The molecule has 8 nitrogen and oxygen atoms in total. The molecule has 0 spiro atoms. The van der Waals surface area contributed by atoms with Gasteiger partial charge in [0.2, 0.25) is 5.91 Å². The van der Waals surface area contributed by atoms with E-state index in [4.69, 9.17) is 14.9 Å². The van der Waals surface area contributed by atoms with Crippen molar-refractivity contribution in [1.29, 1.82) is 0 Å². The zero-order chi connectivity index (χ0) is 25.3. The van der Waals surface area contributed by atoms with Gasteiger partial charge in [0.1, 0.15) is 11.6 Å². The molecule has 3 N–H and O–H groups in total. The number of piperidine rings is 1. The molecule has 1 saturated heterocycles. The van der Waals surface area contributed by atoms with Crippen LogP contribution in [0, 0.1) is 0 Å². The van der Waals surface area contributed by atoms with E-state index in [9.17, 15) is 18.0 Å². The number of benzene rings is 1. The fourth-order valence-electron chi connectivity index (χ4n) is 4.40. The molecule has 4 heterocycles. The molecule has 2 aromatic heterocycles. The van der Waals surface area contributed by atoms with Gasteiger partial charge in [-0.1, -0.05) is 19.9 Å². The maximum atomic E-state index is 11.7. The Morgan fingerprint density at radius 3 is 2.51 bits per heavy atom. The van der Waals surface area contributed by atoms with Crippen LogP contribution >= 0.6 is 0 Å². The number of hydrogen-bond acceptors (Lipinski definition) is 5. The second kappa shape index (κ2) is 9.65. The highest BCUT2D eigenvalue weighted by molar-refractivity contribution is 5.98. The van der Waals surface area contributed by atoms with Crippen LogP contribution in [0.5, 0.6) is 0 Å². The summed E-state index contributed by atoms with van der Waals surface area (Å²) in [5, 5.41) is 13.4. The molecule has 186 valence electrons. The SMILES string of the molecule is CC(C)c1nc2cc(C3CCNCC3)ccc2n1-c1cnc2c(c1)CC(=O)N2.O=C(O)C(F)(F)F. The number of anilines is 1. The van der Waals surface area contributed by atoms with E-state index in [0.29, 0.717) is 18.2 Å². The number of imidazole rings is 1. The minimum absolute atomic E-state index is 0.00540. The number of alkyl halides is 3. The van der Waals surface area contributed by atoms with E-state index in [1.54, 1.807) is 0 Å². The van der Waals surface area contributed by atoms with Crippen LogP contribution in [0.15, 0.2) is 30.5 Å². The fraction of sp³-hybridized carbons (Fsp3) is 0.417. The van der Waals surface area contributed by atoms with Crippen LogP contribution < -0.4 is 10.6 Å².